The third kappa shape index (κ3) is 3.45. The Kier molecular flexibility index (Phi) is 4.02. The fraction of sp³-hybridized carbons (Fsp3) is 0.0769. The molecule has 4 heteroatoms. The monoisotopic (exact) mass is 314 g/mol. The Labute approximate surface area is 112 Å². The van der Waals surface area contributed by atoms with Crippen LogP contribution in [0.1, 0.15) is 5.56 Å². The number of benzene rings is 2. The molecule has 0 radical (unpaired) electrons. The average Bonchev–Trinajstić information content (AvgIpc) is 2.30. The smallest absolute Gasteiger partial charge is 0.129 e. The number of ether oxygens (including phenoxy) is 1. The molecule has 0 heterocycles. The molecule has 0 aliphatic rings. The van der Waals surface area contributed by atoms with Crippen LogP contribution < -0.4 is 4.74 Å². The van der Waals surface area contributed by atoms with Gasteiger partial charge in [-0.25, -0.2) is 4.39 Å². The zero-order valence-corrected chi connectivity index (χ0v) is 11.1. The van der Waals surface area contributed by atoms with Crippen LogP contribution in [0.4, 0.5) is 4.39 Å². The van der Waals surface area contributed by atoms with Crippen LogP contribution in [0.3, 0.4) is 0 Å². The van der Waals surface area contributed by atoms with Crippen LogP contribution in [0, 0.1) is 5.82 Å². The molecule has 0 atom stereocenters. The van der Waals surface area contributed by atoms with Crippen molar-refractivity contribution in [3.8, 4) is 5.75 Å². The second kappa shape index (κ2) is 5.52. The van der Waals surface area contributed by atoms with Gasteiger partial charge in [0, 0.05) is 15.1 Å². The second-order valence-electron chi connectivity index (χ2n) is 3.48. The Balaban J connectivity index is 2.09. The van der Waals surface area contributed by atoms with Crippen molar-refractivity contribution in [1.82, 2.24) is 0 Å². The maximum atomic E-state index is 13.4. The molecule has 0 saturated carbocycles. The summed E-state index contributed by atoms with van der Waals surface area (Å²) in [5, 5.41) is 0.499. The number of hydrogen-bond acceptors (Lipinski definition) is 1. The average molecular weight is 316 g/mol. The third-order valence-corrected chi connectivity index (χ3v) is 2.93. The summed E-state index contributed by atoms with van der Waals surface area (Å²) in [5.74, 6) is 0.364. The zero-order chi connectivity index (χ0) is 12.3. The molecule has 0 aromatic heterocycles. The summed E-state index contributed by atoms with van der Waals surface area (Å²) in [7, 11) is 0. The molecule has 1 nitrogen and oxygen atoms in total. The van der Waals surface area contributed by atoms with Crippen LogP contribution in [0.15, 0.2) is 46.9 Å². The standard InChI is InChI=1S/C13H9BrClFO/c14-10-2-1-3-12(7-10)17-8-9-6-11(15)4-5-13(9)16/h1-7H,8H2. The Morgan fingerprint density at radius 3 is 2.76 bits per heavy atom. The molecule has 0 amide bonds. The molecule has 0 N–H and O–H groups in total. The molecule has 0 unspecified atom stereocenters. The number of hydrogen-bond donors (Lipinski definition) is 0. The summed E-state index contributed by atoms with van der Waals surface area (Å²) in [5.41, 5.74) is 0.442. The summed E-state index contributed by atoms with van der Waals surface area (Å²) in [4.78, 5) is 0. The highest BCUT2D eigenvalue weighted by molar-refractivity contribution is 9.10. The number of halogens is 3. The molecule has 2 aromatic carbocycles. The van der Waals surface area contributed by atoms with Gasteiger partial charge in [-0.3, -0.25) is 0 Å². The van der Waals surface area contributed by atoms with Gasteiger partial charge >= 0.3 is 0 Å². The topological polar surface area (TPSA) is 9.23 Å². The fourth-order valence-corrected chi connectivity index (χ4v) is 1.94. The first-order valence-electron chi connectivity index (χ1n) is 4.97. The summed E-state index contributed by atoms with van der Waals surface area (Å²) in [6, 6.07) is 11.8. The Bertz CT molecular complexity index is 531. The van der Waals surface area contributed by atoms with Crippen LogP contribution in [-0.2, 0) is 6.61 Å². The van der Waals surface area contributed by atoms with Gasteiger partial charge in [-0.2, -0.15) is 0 Å². The largest absolute Gasteiger partial charge is 0.489 e. The fourth-order valence-electron chi connectivity index (χ4n) is 1.37. The van der Waals surface area contributed by atoms with Crippen molar-refractivity contribution in [2.45, 2.75) is 6.61 Å². The van der Waals surface area contributed by atoms with Crippen LogP contribution in [0.5, 0.6) is 5.75 Å². The van der Waals surface area contributed by atoms with Crippen molar-refractivity contribution in [2.75, 3.05) is 0 Å². The van der Waals surface area contributed by atoms with Crippen LogP contribution in [0.2, 0.25) is 5.02 Å². The molecule has 88 valence electrons. The summed E-state index contributed by atoms with van der Waals surface area (Å²) in [6.07, 6.45) is 0. The predicted molar refractivity (Wildman–Crippen MR) is 69.9 cm³/mol. The van der Waals surface area contributed by atoms with Crippen molar-refractivity contribution < 1.29 is 9.13 Å². The van der Waals surface area contributed by atoms with Crippen LogP contribution in [-0.4, -0.2) is 0 Å². The lowest BCUT2D eigenvalue weighted by Crippen LogP contribution is -1.98. The normalized spacial score (nSPS) is 10.3. The molecule has 0 aliphatic heterocycles. The minimum absolute atomic E-state index is 0.156. The molecule has 17 heavy (non-hydrogen) atoms. The molecule has 0 spiro atoms. The van der Waals surface area contributed by atoms with Gasteiger partial charge in [-0.15, -0.1) is 0 Å². The summed E-state index contributed by atoms with van der Waals surface area (Å²) in [6.45, 7) is 0.156. The van der Waals surface area contributed by atoms with Crippen molar-refractivity contribution in [3.05, 3.63) is 63.3 Å². The summed E-state index contributed by atoms with van der Waals surface area (Å²) >= 11 is 9.13. The van der Waals surface area contributed by atoms with E-state index in [1.54, 1.807) is 6.07 Å². The second-order valence-corrected chi connectivity index (χ2v) is 4.83. The maximum Gasteiger partial charge on any atom is 0.129 e. The van der Waals surface area contributed by atoms with E-state index in [-0.39, 0.29) is 12.4 Å². The van der Waals surface area contributed by atoms with E-state index in [1.807, 2.05) is 24.3 Å². The molecular weight excluding hydrogens is 306 g/mol. The van der Waals surface area contributed by atoms with E-state index in [2.05, 4.69) is 15.9 Å². The Hall–Kier alpha value is -1.06. The lowest BCUT2D eigenvalue weighted by Gasteiger charge is -2.07. The predicted octanol–water partition coefficient (Wildman–Crippen LogP) is 4.82. The van der Waals surface area contributed by atoms with Crippen LogP contribution >= 0.6 is 27.5 Å². The molecule has 0 fully saturated rings. The Morgan fingerprint density at radius 1 is 1.18 bits per heavy atom. The summed E-state index contributed by atoms with van der Waals surface area (Å²) < 4.78 is 19.8. The molecule has 0 aliphatic carbocycles. The first-order valence-corrected chi connectivity index (χ1v) is 6.14. The highest BCUT2D eigenvalue weighted by Crippen LogP contribution is 2.20. The van der Waals surface area contributed by atoms with E-state index < -0.39 is 0 Å². The molecule has 0 bridgehead atoms. The minimum atomic E-state index is -0.315. The zero-order valence-electron chi connectivity index (χ0n) is 8.79. The van der Waals surface area contributed by atoms with E-state index in [1.165, 1.54) is 12.1 Å². The lowest BCUT2D eigenvalue weighted by atomic mass is 10.2. The van der Waals surface area contributed by atoms with Crippen molar-refractivity contribution in [3.63, 3.8) is 0 Å². The SMILES string of the molecule is Fc1ccc(Cl)cc1COc1cccc(Br)c1. The van der Waals surface area contributed by atoms with Crippen molar-refractivity contribution >= 4 is 27.5 Å². The minimum Gasteiger partial charge on any atom is -0.489 e. The van der Waals surface area contributed by atoms with Gasteiger partial charge < -0.3 is 4.74 Å². The Morgan fingerprint density at radius 2 is 2.00 bits per heavy atom. The van der Waals surface area contributed by atoms with E-state index in [4.69, 9.17) is 16.3 Å². The van der Waals surface area contributed by atoms with Gasteiger partial charge in [0.2, 0.25) is 0 Å². The highest BCUT2D eigenvalue weighted by atomic mass is 79.9. The van der Waals surface area contributed by atoms with E-state index in [0.717, 1.165) is 4.47 Å². The molecule has 2 aromatic rings. The van der Waals surface area contributed by atoms with Gasteiger partial charge in [-0.1, -0.05) is 33.6 Å². The van der Waals surface area contributed by atoms with Gasteiger partial charge in [0.25, 0.3) is 0 Å². The lowest BCUT2D eigenvalue weighted by molar-refractivity contribution is 0.299. The quantitative estimate of drug-likeness (QED) is 0.789. The van der Waals surface area contributed by atoms with Crippen molar-refractivity contribution in [2.24, 2.45) is 0 Å². The first-order chi connectivity index (χ1) is 8.15. The first kappa shape index (κ1) is 12.4. The number of rotatable bonds is 3. The molecular formula is C13H9BrClFO. The highest BCUT2D eigenvalue weighted by Gasteiger charge is 2.04. The van der Waals surface area contributed by atoms with Gasteiger partial charge in [-0.05, 0) is 36.4 Å². The molecule has 0 saturated heterocycles. The van der Waals surface area contributed by atoms with Crippen molar-refractivity contribution in [1.29, 1.82) is 0 Å². The van der Waals surface area contributed by atoms with Gasteiger partial charge in [0.15, 0.2) is 0 Å². The van der Waals surface area contributed by atoms with Crippen LogP contribution in [0.25, 0.3) is 0 Å². The van der Waals surface area contributed by atoms with Gasteiger partial charge in [0.1, 0.15) is 18.2 Å². The van der Waals surface area contributed by atoms with Gasteiger partial charge in [0.05, 0.1) is 0 Å². The maximum absolute atomic E-state index is 13.4. The van der Waals surface area contributed by atoms with E-state index in [0.29, 0.717) is 16.3 Å². The van der Waals surface area contributed by atoms with E-state index in [9.17, 15) is 4.39 Å². The third-order valence-electron chi connectivity index (χ3n) is 2.20. The molecule has 2 rings (SSSR count). The van der Waals surface area contributed by atoms with E-state index >= 15 is 0 Å².